The monoisotopic (exact) mass is 286 g/mol. The van der Waals surface area contributed by atoms with Crippen LogP contribution in [0.1, 0.15) is 39.8 Å². The zero-order chi connectivity index (χ0) is 14.5. The van der Waals surface area contributed by atoms with Gasteiger partial charge >= 0.3 is 0 Å². The van der Waals surface area contributed by atoms with Crippen LogP contribution in [0.4, 0.5) is 0 Å². The van der Waals surface area contributed by atoms with Crippen molar-refractivity contribution in [1.29, 1.82) is 0 Å². The van der Waals surface area contributed by atoms with Crippen molar-refractivity contribution in [3.63, 3.8) is 0 Å². The van der Waals surface area contributed by atoms with Crippen LogP contribution in [0.3, 0.4) is 0 Å². The van der Waals surface area contributed by atoms with E-state index < -0.39 is 9.84 Å². The van der Waals surface area contributed by atoms with Crippen molar-refractivity contribution in [2.45, 2.75) is 52.7 Å². The number of nitrogens with one attached hydrogen (secondary N) is 1. The molecule has 0 unspecified atom stereocenters. The van der Waals surface area contributed by atoms with Crippen LogP contribution in [0.5, 0.6) is 0 Å². The van der Waals surface area contributed by atoms with E-state index in [1.165, 1.54) is 5.69 Å². The lowest BCUT2D eigenvalue weighted by molar-refractivity contribution is 0.415. The molecule has 0 saturated heterocycles. The van der Waals surface area contributed by atoms with Crippen molar-refractivity contribution in [2.24, 2.45) is 0 Å². The van der Waals surface area contributed by atoms with E-state index in [-0.39, 0.29) is 17.0 Å². The first-order valence-corrected chi connectivity index (χ1v) is 8.65. The molecule has 0 aliphatic carbocycles. The van der Waals surface area contributed by atoms with Crippen LogP contribution < -0.4 is 5.32 Å². The van der Waals surface area contributed by atoms with Gasteiger partial charge in [-0.3, -0.25) is 0 Å². The second-order valence-corrected chi connectivity index (χ2v) is 8.36. The molecule has 0 aliphatic rings. The molecule has 0 aliphatic heterocycles. The highest BCUT2D eigenvalue weighted by Gasteiger charge is 2.11. The van der Waals surface area contributed by atoms with Gasteiger partial charge in [0.25, 0.3) is 0 Å². The van der Waals surface area contributed by atoms with Gasteiger partial charge in [-0.15, -0.1) is 0 Å². The summed E-state index contributed by atoms with van der Waals surface area (Å²) >= 11 is 0. The fourth-order valence-corrected chi connectivity index (χ4v) is 2.64. The highest BCUT2D eigenvalue weighted by molar-refractivity contribution is 7.91. The third kappa shape index (κ3) is 6.25. The van der Waals surface area contributed by atoms with Crippen LogP contribution in [0, 0.1) is 0 Å². The number of aryl methyl sites for hydroxylation is 1. The Morgan fingerprint density at radius 1 is 1.32 bits per heavy atom. The summed E-state index contributed by atoms with van der Waals surface area (Å²) in [4.78, 5) is 0. The summed E-state index contributed by atoms with van der Waals surface area (Å²) in [5.74, 6) is 0.505. The maximum atomic E-state index is 11.4. The standard InChI is InChI=1S/C14H26N2O2S/c1-5-19(17,18)11-7-10-16-9-6-8-13(16)12-15-14(2,3)4/h6,8-9,15H,5,7,10-12H2,1-4H3. The van der Waals surface area contributed by atoms with Crippen LogP contribution in [0.2, 0.25) is 0 Å². The Hall–Kier alpha value is -0.810. The molecule has 1 N–H and O–H groups in total. The summed E-state index contributed by atoms with van der Waals surface area (Å²) in [6.07, 6.45) is 2.69. The molecular formula is C14H26N2O2S. The average Bonchev–Trinajstić information content (AvgIpc) is 2.73. The zero-order valence-electron chi connectivity index (χ0n) is 12.4. The predicted octanol–water partition coefficient (Wildman–Crippen LogP) is 2.20. The minimum Gasteiger partial charge on any atom is -0.350 e. The van der Waals surface area contributed by atoms with Crippen molar-refractivity contribution in [1.82, 2.24) is 9.88 Å². The van der Waals surface area contributed by atoms with E-state index in [9.17, 15) is 8.42 Å². The third-order valence-corrected chi connectivity index (χ3v) is 4.81. The molecule has 1 heterocycles. The van der Waals surface area contributed by atoms with Crippen molar-refractivity contribution < 1.29 is 8.42 Å². The van der Waals surface area contributed by atoms with Gasteiger partial charge in [-0.2, -0.15) is 0 Å². The summed E-state index contributed by atoms with van der Waals surface area (Å²) in [5.41, 5.74) is 1.28. The van der Waals surface area contributed by atoms with E-state index in [0.29, 0.717) is 6.42 Å². The summed E-state index contributed by atoms with van der Waals surface area (Å²) in [5, 5.41) is 3.44. The second-order valence-electron chi connectivity index (χ2n) is 5.89. The molecule has 0 saturated carbocycles. The van der Waals surface area contributed by atoms with E-state index >= 15 is 0 Å². The van der Waals surface area contributed by atoms with Gasteiger partial charge in [0.1, 0.15) is 9.84 Å². The van der Waals surface area contributed by atoms with Crippen molar-refractivity contribution >= 4 is 9.84 Å². The van der Waals surface area contributed by atoms with Gasteiger partial charge in [0, 0.05) is 36.3 Å². The van der Waals surface area contributed by atoms with E-state index in [2.05, 4.69) is 36.7 Å². The highest BCUT2D eigenvalue weighted by Crippen LogP contribution is 2.07. The molecule has 110 valence electrons. The first-order valence-electron chi connectivity index (χ1n) is 6.83. The Labute approximate surface area is 117 Å². The topological polar surface area (TPSA) is 51.1 Å². The number of rotatable bonds is 7. The van der Waals surface area contributed by atoms with Crippen LogP contribution >= 0.6 is 0 Å². The smallest absolute Gasteiger partial charge is 0.150 e. The molecule has 1 aromatic rings. The predicted molar refractivity (Wildman–Crippen MR) is 80.0 cm³/mol. The quantitative estimate of drug-likeness (QED) is 0.836. The van der Waals surface area contributed by atoms with Gasteiger partial charge in [0.05, 0.1) is 5.75 Å². The molecule has 0 amide bonds. The molecule has 1 aromatic heterocycles. The lowest BCUT2D eigenvalue weighted by atomic mass is 10.1. The molecule has 0 fully saturated rings. The Morgan fingerprint density at radius 3 is 2.58 bits per heavy atom. The number of hydrogen-bond donors (Lipinski definition) is 1. The van der Waals surface area contributed by atoms with Crippen LogP contribution in [0.25, 0.3) is 0 Å². The maximum Gasteiger partial charge on any atom is 0.150 e. The summed E-state index contributed by atoms with van der Waals surface area (Å²) < 4.78 is 25.0. The third-order valence-electron chi connectivity index (χ3n) is 3.02. The van der Waals surface area contributed by atoms with Gasteiger partial charge in [-0.05, 0) is 39.3 Å². The molecule has 0 spiro atoms. The van der Waals surface area contributed by atoms with Crippen LogP contribution in [-0.2, 0) is 22.9 Å². The first kappa shape index (κ1) is 16.2. The van der Waals surface area contributed by atoms with Gasteiger partial charge in [-0.25, -0.2) is 8.42 Å². The number of hydrogen-bond acceptors (Lipinski definition) is 3. The van der Waals surface area contributed by atoms with Crippen molar-refractivity contribution in [3.8, 4) is 0 Å². The minimum absolute atomic E-state index is 0.0840. The van der Waals surface area contributed by atoms with E-state index in [0.717, 1.165) is 13.1 Å². The number of aromatic nitrogens is 1. The lowest BCUT2D eigenvalue weighted by Crippen LogP contribution is -2.35. The molecule has 19 heavy (non-hydrogen) atoms. The van der Waals surface area contributed by atoms with Crippen LogP contribution in [-0.4, -0.2) is 30.0 Å². The normalized spacial score (nSPS) is 12.8. The molecule has 5 heteroatoms. The molecule has 0 bridgehead atoms. The van der Waals surface area contributed by atoms with E-state index in [1.807, 2.05) is 12.3 Å². The van der Waals surface area contributed by atoms with E-state index in [1.54, 1.807) is 6.92 Å². The molecule has 0 atom stereocenters. The van der Waals surface area contributed by atoms with Gasteiger partial charge in [-0.1, -0.05) is 6.92 Å². The maximum absolute atomic E-state index is 11.4. The van der Waals surface area contributed by atoms with Crippen molar-refractivity contribution in [2.75, 3.05) is 11.5 Å². The van der Waals surface area contributed by atoms with Crippen molar-refractivity contribution in [3.05, 3.63) is 24.0 Å². The average molecular weight is 286 g/mol. The summed E-state index contributed by atoms with van der Waals surface area (Å²) in [6.45, 7) is 9.66. The fourth-order valence-electron chi connectivity index (χ4n) is 1.78. The summed E-state index contributed by atoms with van der Waals surface area (Å²) in [7, 11) is -2.85. The Balaban J connectivity index is 2.49. The number of nitrogens with zero attached hydrogens (tertiary/aromatic N) is 1. The molecule has 4 nitrogen and oxygen atoms in total. The van der Waals surface area contributed by atoms with E-state index in [4.69, 9.17) is 0 Å². The summed E-state index contributed by atoms with van der Waals surface area (Å²) in [6, 6.07) is 4.08. The van der Waals surface area contributed by atoms with Crippen LogP contribution in [0.15, 0.2) is 18.3 Å². The zero-order valence-corrected chi connectivity index (χ0v) is 13.3. The minimum atomic E-state index is -2.85. The van der Waals surface area contributed by atoms with Gasteiger partial charge in [0.15, 0.2) is 0 Å². The largest absolute Gasteiger partial charge is 0.350 e. The Morgan fingerprint density at radius 2 is 2.00 bits per heavy atom. The Bertz CT molecular complexity index is 484. The van der Waals surface area contributed by atoms with Gasteiger partial charge in [0.2, 0.25) is 0 Å². The highest BCUT2D eigenvalue weighted by atomic mass is 32.2. The first-order chi connectivity index (χ1) is 8.73. The van der Waals surface area contributed by atoms with Gasteiger partial charge < -0.3 is 9.88 Å². The Kier molecular flexibility index (Phi) is 5.62. The molecular weight excluding hydrogens is 260 g/mol. The molecule has 1 rings (SSSR count). The SMILES string of the molecule is CCS(=O)(=O)CCCn1cccc1CNC(C)(C)C. The lowest BCUT2D eigenvalue weighted by Gasteiger charge is -2.21. The second kappa shape index (κ2) is 6.57. The number of sulfone groups is 1. The molecule has 0 aromatic carbocycles. The molecule has 0 radical (unpaired) electrons. The fraction of sp³-hybridized carbons (Fsp3) is 0.714.